The normalized spacial score (nSPS) is 12.3. The molecule has 1 aromatic heterocycles. The zero-order chi connectivity index (χ0) is 23.1. The summed E-state index contributed by atoms with van der Waals surface area (Å²) in [5.74, 6) is 0.534. The Labute approximate surface area is 181 Å². The SMILES string of the molecule is COc1cccc(OCC(O)CNC(=O)c2cn(Cc3cccc(C(F)(F)F)c3)nn2)c1. The number of aliphatic hydroxyl groups excluding tert-OH is 1. The number of methoxy groups -OCH3 is 1. The van der Waals surface area contributed by atoms with Gasteiger partial charge in [0.25, 0.3) is 5.91 Å². The van der Waals surface area contributed by atoms with Crippen molar-refractivity contribution >= 4 is 5.91 Å². The molecule has 0 radical (unpaired) electrons. The van der Waals surface area contributed by atoms with E-state index in [9.17, 15) is 23.1 Å². The van der Waals surface area contributed by atoms with Gasteiger partial charge in [0.2, 0.25) is 0 Å². The highest BCUT2D eigenvalue weighted by atomic mass is 19.4. The van der Waals surface area contributed by atoms with Crippen molar-refractivity contribution in [1.82, 2.24) is 20.3 Å². The van der Waals surface area contributed by atoms with E-state index in [1.54, 1.807) is 24.3 Å². The van der Waals surface area contributed by atoms with Crippen LogP contribution in [0.25, 0.3) is 0 Å². The number of benzene rings is 2. The van der Waals surface area contributed by atoms with Crippen molar-refractivity contribution in [3.63, 3.8) is 0 Å². The van der Waals surface area contributed by atoms with Crippen LogP contribution in [0, 0.1) is 0 Å². The van der Waals surface area contributed by atoms with Crippen molar-refractivity contribution in [2.75, 3.05) is 20.3 Å². The van der Waals surface area contributed by atoms with Crippen molar-refractivity contribution in [2.45, 2.75) is 18.8 Å². The smallest absolute Gasteiger partial charge is 0.416 e. The predicted molar refractivity (Wildman–Crippen MR) is 107 cm³/mol. The Morgan fingerprint density at radius 2 is 1.94 bits per heavy atom. The molecule has 11 heteroatoms. The lowest BCUT2D eigenvalue weighted by Gasteiger charge is -2.13. The van der Waals surface area contributed by atoms with E-state index in [4.69, 9.17) is 9.47 Å². The molecule has 32 heavy (non-hydrogen) atoms. The van der Waals surface area contributed by atoms with E-state index < -0.39 is 23.8 Å². The monoisotopic (exact) mass is 450 g/mol. The van der Waals surface area contributed by atoms with Crippen LogP contribution >= 0.6 is 0 Å². The van der Waals surface area contributed by atoms with Gasteiger partial charge in [-0.25, -0.2) is 4.68 Å². The van der Waals surface area contributed by atoms with Gasteiger partial charge in [-0.05, 0) is 29.8 Å². The Morgan fingerprint density at radius 1 is 1.19 bits per heavy atom. The highest BCUT2D eigenvalue weighted by molar-refractivity contribution is 5.91. The summed E-state index contributed by atoms with van der Waals surface area (Å²) < 4.78 is 50.3. The molecule has 0 saturated heterocycles. The Morgan fingerprint density at radius 3 is 2.69 bits per heavy atom. The maximum Gasteiger partial charge on any atom is 0.416 e. The second-order valence-corrected chi connectivity index (χ2v) is 6.85. The van der Waals surface area contributed by atoms with Crippen LogP contribution in [-0.2, 0) is 12.7 Å². The van der Waals surface area contributed by atoms with E-state index in [0.717, 1.165) is 12.1 Å². The molecule has 0 aliphatic rings. The molecule has 1 unspecified atom stereocenters. The maximum atomic E-state index is 12.8. The number of hydrogen-bond acceptors (Lipinski definition) is 6. The van der Waals surface area contributed by atoms with Crippen LogP contribution in [0.1, 0.15) is 21.6 Å². The minimum absolute atomic E-state index is 0.0151. The fourth-order valence-electron chi connectivity index (χ4n) is 2.76. The van der Waals surface area contributed by atoms with Crippen LogP contribution in [0.5, 0.6) is 11.5 Å². The van der Waals surface area contributed by atoms with Gasteiger partial charge in [-0.2, -0.15) is 13.2 Å². The number of nitrogens with one attached hydrogen (secondary N) is 1. The molecule has 0 fully saturated rings. The number of rotatable bonds is 9. The highest BCUT2D eigenvalue weighted by Gasteiger charge is 2.30. The minimum atomic E-state index is -4.44. The number of aromatic nitrogens is 3. The topological polar surface area (TPSA) is 98.5 Å². The van der Waals surface area contributed by atoms with Crippen LogP contribution in [-0.4, -0.2) is 52.4 Å². The van der Waals surface area contributed by atoms with Crippen molar-refractivity contribution in [3.8, 4) is 11.5 Å². The zero-order valence-corrected chi connectivity index (χ0v) is 17.0. The summed E-state index contributed by atoms with van der Waals surface area (Å²) in [5.41, 5.74) is -0.432. The molecule has 0 bridgehead atoms. The first-order valence-electron chi connectivity index (χ1n) is 9.54. The Bertz CT molecular complexity index is 1060. The quantitative estimate of drug-likeness (QED) is 0.520. The predicted octanol–water partition coefficient (Wildman–Crippen LogP) is 2.52. The van der Waals surface area contributed by atoms with Crippen molar-refractivity contribution in [2.24, 2.45) is 0 Å². The van der Waals surface area contributed by atoms with Crippen LogP contribution in [0.15, 0.2) is 54.7 Å². The minimum Gasteiger partial charge on any atom is -0.497 e. The number of carbonyl (C=O) groups is 1. The van der Waals surface area contributed by atoms with Gasteiger partial charge in [-0.15, -0.1) is 5.10 Å². The fraction of sp³-hybridized carbons (Fsp3) is 0.286. The molecular formula is C21H21F3N4O4. The number of ether oxygens (including phenoxy) is 2. The number of hydrogen-bond donors (Lipinski definition) is 2. The summed E-state index contributed by atoms with van der Waals surface area (Å²) in [5, 5.41) is 20.0. The number of carbonyl (C=O) groups excluding carboxylic acids is 1. The lowest BCUT2D eigenvalue weighted by Crippen LogP contribution is -2.35. The molecule has 3 rings (SSSR count). The average molecular weight is 450 g/mol. The Kier molecular flexibility index (Phi) is 7.31. The zero-order valence-electron chi connectivity index (χ0n) is 17.0. The molecular weight excluding hydrogens is 429 g/mol. The molecule has 2 aromatic carbocycles. The van der Waals surface area contributed by atoms with E-state index in [2.05, 4.69) is 15.6 Å². The second-order valence-electron chi connectivity index (χ2n) is 6.85. The van der Waals surface area contributed by atoms with Crippen LogP contribution in [0.3, 0.4) is 0 Å². The molecule has 8 nitrogen and oxygen atoms in total. The van der Waals surface area contributed by atoms with E-state index >= 15 is 0 Å². The Hall–Kier alpha value is -3.60. The van der Waals surface area contributed by atoms with Gasteiger partial charge in [0.1, 0.15) is 24.2 Å². The molecule has 3 aromatic rings. The first-order valence-corrected chi connectivity index (χ1v) is 9.54. The molecule has 2 N–H and O–H groups in total. The van der Waals surface area contributed by atoms with Gasteiger partial charge in [0, 0.05) is 12.6 Å². The van der Waals surface area contributed by atoms with Crippen molar-refractivity contribution in [1.29, 1.82) is 0 Å². The fourth-order valence-corrected chi connectivity index (χ4v) is 2.76. The van der Waals surface area contributed by atoms with Crippen LogP contribution in [0.4, 0.5) is 13.2 Å². The third-order valence-electron chi connectivity index (χ3n) is 4.35. The molecule has 1 atom stereocenters. The third kappa shape index (κ3) is 6.45. The maximum absolute atomic E-state index is 12.8. The molecule has 170 valence electrons. The summed E-state index contributed by atoms with van der Waals surface area (Å²) >= 11 is 0. The standard InChI is InChI=1S/C21H21F3N4O4/c1-31-17-6-3-7-18(9-17)32-13-16(29)10-25-20(30)19-12-28(27-26-19)11-14-4-2-5-15(8-14)21(22,23)24/h2-9,12,16,29H,10-11,13H2,1H3,(H,25,30). The number of nitrogens with zero attached hydrogens (tertiary/aromatic N) is 3. The van der Waals surface area contributed by atoms with Gasteiger partial charge < -0.3 is 19.9 Å². The summed E-state index contributed by atoms with van der Waals surface area (Å²) in [6, 6.07) is 11.7. The molecule has 0 aliphatic carbocycles. The highest BCUT2D eigenvalue weighted by Crippen LogP contribution is 2.29. The second kappa shape index (κ2) is 10.1. The van der Waals surface area contributed by atoms with Gasteiger partial charge in [0.15, 0.2) is 5.69 Å². The molecule has 1 heterocycles. The van der Waals surface area contributed by atoms with E-state index in [0.29, 0.717) is 17.1 Å². The molecule has 0 saturated carbocycles. The van der Waals surface area contributed by atoms with E-state index in [1.165, 1.54) is 30.1 Å². The number of alkyl halides is 3. The summed E-state index contributed by atoms with van der Waals surface area (Å²) in [7, 11) is 1.53. The number of aliphatic hydroxyl groups is 1. The van der Waals surface area contributed by atoms with Crippen molar-refractivity contribution in [3.05, 3.63) is 71.5 Å². The first kappa shape index (κ1) is 23.1. The summed E-state index contributed by atoms with van der Waals surface area (Å²) in [4.78, 5) is 12.2. The van der Waals surface area contributed by atoms with Gasteiger partial charge in [-0.3, -0.25) is 4.79 Å². The average Bonchev–Trinajstić information content (AvgIpc) is 3.24. The molecule has 1 amide bonds. The van der Waals surface area contributed by atoms with Gasteiger partial charge in [-0.1, -0.05) is 23.4 Å². The summed E-state index contributed by atoms with van der Waals surface area (Å²) in [6.07, 6.45) is -4.11. The third-order valence-corrected chi connectivity index (χ3v) is 4.35. The van der Waals surface area contributed by atoms with Crippen molar-refractivity contribution < 1.29 is 32.5 Å². The number of halogens is 3. The van der Waals surface area contributed by atoms with Crippen LogP contribution < -0.4 is 14.8 Å². The molecule has 0 aliphatic heterocycles. The largest absolute Gasteiger partial charge is 0.497 e. The van der Waals surface area contributed by atoms with Crippen LogP contribution in [0.2, 0.25) is 0 Å². The first-order chi connectivity index (χ1) is 15.2. The molecule has 0 spiro atoms. The van der Waals surface area contributed by atoms with E-state index in [1.807, 2.05) is 0 Å². The Balaban J connectivity index is 1.49. The lowest BCUT2D eigenvalue weighted by molar-refractivity contribution is -0.137. The van der Waals surface area contributed by atoms with Gasteiger partial charge in [0.05, 0.1) is 25.4 Å². The lowest BCUT2D eigenvalue weighted by atomic mass is 10.1. The van der Waals surface area contributed by atoms with Gasteiger partial charge >= 0.3 is 6.18 Å². The number of amides is 1. The summed E-state index contributed by atoms with van der Waals surface area (Å²) in [6.45, 7) is -0.139. The van der Waals surface area contributed by atoms with E-state index in [-0.39, 0.29) is 25.4 Å².